The zero-order valence-electron chi connectivity index (χ0n) is 24.1. The molecule has 0 saturated carbocycles. The first-order valence-corrected chi connectivity index (χ1v) is 14.7. The van der Waals surface area contributed by atoms with Crippen molar-refractivity contribution in [2.75, 3.05) is 6.61 Å². The number of para-hydroxylation sites is 1. The van der Waals surface area contributed by atoms with E-state index in [2.05, 4.69) is 48.3 Å². The first kappa shape index (κ1) is 29.6. The Kier molecular flexibility index (Phi) is 9.48. The van der Waals surface area contributed by atoms with E-state index in [9.17, 15) is 4.79 Å². The molecular formula is C32H37ClN4O2S. The highest BCUT2D eigenvalue weighted by Gasteiger charge is 2.23. The van der Waals surface area contributed by atoms with Gasteiger partial charge in [-0.3, -0.25) is 14.2 Å². The monoisotopic (exact) mass is 576 g/mol. The summed E-state index contributed by atoms with van der Waals surface area (Å²) in [6.07, 6.45) is 5.87. The second kappa shape index (κ2) is 12.8. The number of aromatic nitrogens is 3. The van der Waals surface area contributed by atoms with Gasteiger partial charge in [0.2, 0.25) is 0 Å². The van der Waals surface area contributed by atoms with Crippen LogP contribution in [-0.2, 0) is 19.9 Å². The van der Waals surface area contributed by atoms with Crippen LogP contribution in [0.2, 0.25) is 5.02 Å². The average Bonchev–Trinajstić information content (AvgIpc) is 3.46. The molecule has 0 radical (unpaired) electrons. The lowest BCUT2D eigenvalue weighted by Crippen LogP contribution is -2.18. The van der Waals surface area contributed by atoms with E-state index < -0.39 is 0 Å². The van der Waals surface area contributed by atoms with Gasteiger partial charge in [-0.1, -0.05) is 55.5 Å². The van der Waals surface area contributed by atoms with E-state index in [-0.39, 0.29) is 5.91 Å². The number of amides is 1. The van der Waals surface area contributed by atoms with Gasteiger partial charge in [0, 0.05) is 39.2 Å². The van der Waals surface area contributed by atoms with Crippen LogP contribution in [0.4, 0.5) is 0 Å². The maximum absolute atomic E-state index is 13.5. The molecule has 0 fully saturated rings. The van der Waals surface area contributed by atoms with Crippen LogP contribution in [0, 0.1) is 20.8 Å². The highest BCUT2D eigenvalue weighted by molar-refractivity contribution is 8.01. The van der Waals surface area contributed by atoms with E-state index in [0.29, 0.717) is 18.7 Å². The Morgan fingerprint density at radius 3 is 2.62 bits per heavy atom. The van der Waals surface area contributed by atoms with Crippen molar-refractivity contribution in [3.63, 3.8) is 0 Å². The normalized spacial score (nSPS) is 11.7. The van der Waals surface area contributed by atoms with E-state index in [0.717, 1.165) is 78.6 Å². The van der Waals surface area contributed by atoms with Crippen molar-refractivity contribution >= 4 is 40.4 Å². The predicted octanol–water partition coefficient (Wildman–Crippen LogP) is 8.19. The summed E-state index contributed by atoms with van der Waals surface area (Å²) in [6, 6.07) is 10.2. The molecule has 0 unspecified atom stereocenters. The summed E-state index contributed by atoms with van der Waals surface area (Å²) in [5.41, 5.74) is 8.76. The molecule has 2 aromatic carbocycles. The number of nitrogens with one attached hydrogen (secondary N) is 2. The third kappa shape index (κ3) is 6.01. The van der Waals surface area contributed by atoms with Crippen LogP contribution in [0.1, 0.15) is 58.8 Å². The van der Waals surface area contributed by atoms with Crippen molar-refractivity contribution in [2.45, 2.75) is 53.9 Å². The zero-order valence-corrected chi connectivity index (χ0v) is 25.6. The van der Waals surface area contributed by atoms with Crippen LogP contribution in [-0.4, -0.2) is 27.3 Å². The maximum atomic E-state index is 13.5. The number of allylic oxidation sites excluding steroid dienone is 2. The second-order valence-electron chi connectivity index (χ2n) is 9.84. The van der Waals surface area contributed by atoms with Crippen molar-refractivity contribution < 1.29 is 9.53 Å². The van der Waals surface area contributed by atoms with E-state index >= 15 is 0 Å². The Labute approximate surface area is 246 Å². The molecular weight excluding hydrogens is 540 g/mol. The van der Waals surface area contributed by atoms with Gasteiger partial charge in [0.15, 0.2) is 0 Å². The summed E-state index contributed by atoms with van der Waals surface area (Å²) in [5, 5.41) is 6.53. The molecule has 2 N–H and O–H groups in total. The number of ether oxygens (including phenoxy) is 1. The lowest BCUT2D eigenvalue weighted by molar-refractivity contribution is 0.0979. The third-order valence-electron chi connectivity index (χ3n) is 7.18. The number of benzene rings is 2. The highest BCUT2D eigenvalue weighted by Crippen LogP contribution is 2.36. The molecule has 40 heavy (non-hydrogen) atoms. The lowest BCUT2D eigenvalue weighted by atomic mass is 9.97. The van der Waals surface area contributed by atoms with Crippen LogP contribution < -0.4 is 9.46 Å². The number of nitrogens with zero attached hydrogens (tertiary/aromatic N) is 2. The molecule has 2 aromatic heterocycles. The summed E-state index contributed by atoms with van der Waals surface area (Å²) in [6.45, 7) is 14.4. The SMILES string of the molecule is C=C/C(=C\C)SNC(=O)c1[nH]c2c(-c3c(CC)nn(C)c3C)cccc2c1CCCOc1cc(C)c(Cl)c(C)c1. The minimum Gasteiger partial charge on any atom is -0.494 e. The molecule has 2 heterocycles. The number of hydrogen-bond acceptors (Lipinski definition) is 4. The van der Waals surface area contributed by atoms with Gasteiger partial charge in [-0.25, -0.2) is 0 Å². The average molecular weight is 577 g/mol. The predicted molar refractivity (Wildman–Crippen MR) is 168 cm³/mol. The van der Waals surface area contributed by atoms with Crippen LogP contribution in [0.3, 0.4) is 0 Å². The smallest absolute Gasteiger partial charge is 0.278 e. The fraction of sp³-hybridized carbons (Fsp3) is 0.312. The summed E-state index contributed by atoms with van der Waals surface area (Å²) in [4.78, 5) is 17.9. The van der Waals surface area contributed by atoms with Gasteiger partial charge in [-0.15, -0.1) is 0 Å². The Morgan fingerprint density at radius 2 is 1.98 bits per heavy atom. The maximum Gasteiger partial charge on any atom is 0.278 e. The van der Waals surface area contributed by atoms with Crippen molar-refractivity contribution in [2.24, 2.45) is 7.05 Å². The second-order valence-corrected chi connectivity index (χ2v) is 11.1. The first-order valence-electron chi connectivity index (χ1n) is 13.5. The minimum absolute atomic E-state index is 0.174. The molecule has 8 heteroatoms. The Morgan fingerprint density at radius 1 is 1.25 bits per heavy atom. The number of carbonyl (C=O) groups excluding carboxylic acids is 1. The third-order valence-corrected chi connectivity index (χ3v) is 8.70. The summed E-state index contributed by atoms with van der Waals surface area (Å²) < 4.78 is 11.0. The zero-order chi connectivity index (χ0) is 29.0. The molecule has 0 spiro atoms. The topological polar surface area (TPSA) is 71.9 Å². The molecule has 4 aromatic rings. The van der Waals surface area contributed by atoms with Crippen LogP contribution in [0.25, 0.3) is 22.0 Å². The van der Waals surface area contributed by atoms with E-state index in [1.54, 1.807) is 6.08 Å². The van der Waals surface area contributed by atoms with E-state index in [4.69, 9.17) is 21.4 Å². The molecule has 0 bridgehead atoms. The van der Waals surface area contributed by atoms with Gasteiger partial charge in [0.05, 0.1) is 17.8 Å². The number of rotatable bonds is 11. The van der Waals surface area contributed by atoms with Crippen LogP contribution in [0.15, 0.2) is 54.0 Å². The Hall–Kier alpha value is -3.42. The fourth-order valence-corrected chi connectivity index (χ4v) is 5.64. The molecule has 210 valence electrons. The van der Waals surface area contributed by atoms with Crippen molar-refractivity contribution in [1.82, 2.24) is 19.5 Å². The standard InChI is InChI=1S/C32H37ClN4O2S/c1-8-23(9-2)40-36-32(38)31-25(15-12-16-39-22-17-19(4)29(33)20(5)18-22)24-13-11-14-26(30(24)34-31)28-21(6)37(7)35-27(28)10-3/h8-9,11,13-14,17-18,34H,1,10,12,15-16H2,2-7H3,(H,36,38)/b23-9+. The molecule has 1 amide bonds. The largest absolute Gasteiger partial charge is 0.494 e. The van der Waals surface area contributed by atoms with Gasteiger partial charge >= 0.3 is 0 Å². The number of aryl methyl sites for hydroxylation is 5. The van der Waals surface area contributed by atoms with Crippen molar-refractivity contribution in [1.29, 1.82) is 0 Å². The summed E-state index contributed by atoms with van der Waals surface area (Å²) in [5.74, 6) is 0.629. The molecule has 0 aliphatic rings. The number of H-pyrrole nitrogens is 1. The number of hydrogen-bond donors (Lipinski definition) is 2. The fourth-order valence-electron chi connectivity index (χ4n) is 5.01. The van der Waals surface area contributed by atoms with E-state index in [1.807, 2.05) is 50.7 Å². The lowest BCUT2D eigenvalue weighted by Gasteiger charge is -2.11. The molecule has 0 aliphatic heterocycles. The van der Waals surface area contributed by atoms with Gasteiger partial charge in [-0.05, 0) is 87.7 Å². The molecule has 6 nitrogen and oxygen atoms in total. The molecule has 0 saturated heterocycles. The van der Waals surface area contributed by atoms with Gasteiger partial charge in [0.1, 0.15) is 11.4 Å². The summed E-state index contributed by atoms with van der Waals surface area (Å²) in [7, 11) is 1.97. The van der Waals surface area contributed by atoms with Gasteiger partial charge in [0.25, 0.3) is 5.91 Å². The number of halogens is 1. The minimum atomic E-state index is -0.174. The van der Waals surface area contributed by atoms with Crippen LogP contribution >= 0.6 is 23.5 Å². The highest BCUT2D eigenvalue weighted by atomic mass is 35.5. The van der Waals surface area contributed by atoms with Crippen LogP contribution in [0.5, 0.6) is 5.75 Å². The molecule has 4 rings (SSSR count). The summed E-state index contributed by atoms with van der Waals surface area (Å²) >= 11 is 7.58. The number of carbonyl (C=O) groups is 1. The Bertz CT molecular complexity index is 1580. The van der Waals surface area contributed by atoms with Gasteiger partial charge in [-0.2, -0.15) is 5.10 Å². The van der Waals surface area contributed by atoms with Crippen molar-refractivity contribution in [3.8, 4) is 16.9 Å². The van der Waals surface area contributed by atoms with Crippen molar-refractivity contribution in [3.05, 3.63) is 92.8 Å². The van der Waals surface area contributed by atoms with Gasteiger partial charge < -0.3 is 9.72 Å². The Balaban J connectivity index is 1.69. The first-order chi connectivity index (χ1) is 19.2. The molecule has 0 aliphatic carbocycles. The quantitative estimate of drug-likeness (QED) is 0.107. The number of fused-ring (bicyclic) bond motifs is 1. The van der Waals surface area contributed by atoms with E-state index in [1.165, 1.54) is 11.9 Å². The number of aromatic amines is 1. The molecule has 0 atom stereocenters.